The number of nitrogens with one attached hydrogen (secondary N) is 3. The molecule has 0 spiro atoms. The van der Waals surface area contributed by atoms with Crippen LogP contribution in [0.2, 0.25) is 0 Å². The molecule has 0 aliphatic rings. The van der Waals surface area contributed by atoms with Crippen LogP contribution < -0.4 is 16.0 Å². The van der Waals surface area contributed by atoms with Crippen LogP contribution in [-0.4, -0.2) is 35.5 Å². The van der Waals surface area contributed by atoms with E-state index in [1.165, 1.54) is 0 Å². The Morgan fingerprint density at radius 1 is 1.20 bits per heavy atom. The van der Waals surface area contributed by atoms with Crippen molar-refractivity contribution in [3.05, 3.63) is 11.8 Å². The van der Waals surface area contributed by atoms with Gasteiger partial charge in [-0.2, -0.15) is 4.98 Å². The zero-order chi connectivity index (χ0) is 15.2. The molecule has 1 rings (SSSR count). The van der Waals surface area contributed by atoms with E-state index >= 15 is 0 Å². The smallest absolute Gasteiger partial charge is 0.225 e. The highest BCUT2D eigenvalue weighted by molar-refractivity contribution is 5.81. The first-order chi connectivity index (χ1) is 9.32. The molecule has 0 saturated heterocycles. The number of aromatic nitrogens is 2. The molecule has 0 atom stereocenters. The highest BCUT2D eigenvalue weighted by atomic mass is 16.2. The predicted octanol–water partition coefficient (Wildman–Crippen LogP) is 1.79. The molecule has 20 heavy (non-hydrogen) atoms. The highest BCUT2D eigenvalue weighted by Crippen LogP contribution is 2.12. The van der Waals surface area contributed by atoms with Crippen LogP contribution in [0.15, 0.2) is 6.07 Å². The Hall–Kier alpha value is -1.85. The third kappa shape index (κ3) is 5.42. The van der Waals surface area contributed by atoms with Gasteiger partial charge in [0.25, 0.3) is 0 Å². The fourth-order valence-electron chi connectivity index (χ4n) is 1.53. The van der Waals surface area contributed by atoms with E-state index in [0.717, 1.165) is 18.1 Å². The van der Waals surface area contributed by atoms with Crippen LogP contribution in [0, 0.1) is 12.3 Å². The van der Waals surface area contributed by atoms with Gasteiger partial charge in [-0.05, 0) is 13.8 Å². The Balaban J connectivity index is 2.44. The van der Waals surface area contributed by atoms with Gasteiger partial charge in [-0.25, -0.2) is 4.98 Å². The predicted molar refractivity (Wildman–Crippen MR) is 81.9 cm³/mol. The van der Waals surface area contributed by atoms with Crippen LogP contribution in [0.1, 0.15) is 33.4 Å². The minimum absolute atomic E-state index is 0.0396. The molecule has 3 N–H and O–H groups in total. The standard InChI is InChI=1S/C14H25N5O/c1-6-15-11-9-10(2)18-13(19-11)17-8-7-16-12(20)14(3,4)5/h9H,6-8H2,1-5H3,(H,16,20)(H2,15,17,18,19). The topological polar surface area (TPSA) is 78.9 Å². The second-order valence-electron chi connectivity index (χ2n) is 5.68. The molecular formula is C14H25N5O. The van der Waals surface area contributed by atoms with Crippen LogP contribution in [0.25, 0.3) is 0 Å². The molecule has 0 unspecified atom stereocenters. The van der Waals surface area contributed by atoms with Crippen molar-refractivity contribution >= 4 is 17.7 Å². The van der Waals surface area contributed by atoms with Crippen molar-refractivity contribution < 1.29 is 4.79 Å². The van der Waals surface area contributed by atoms with E-state index in [1.54, 1.807) is 0 Å². The zero-order valence-electron chi connectivity index (χ0n) is 13.0. The fraction of sp³-hybridized carbons (Fsp3) is 0.643. The third-order valence-electron chi connectivity index (χ3n) is 2.59. The molecule has 0 saturated carbocycles. The number of rotatable bonds is 6. The molecule has 1 amide bonds. The van der Waals surface area contributed by atoms with E-state index in [9.17, 15) is 4.79 Å². The summed E-state index contributed by atoms with van der Waals surface area (Å²) in [6, 6.07) is 1.90. The monoisotopic (exact) mass is 279 g/mol. The van der Waals surface area contributed by atoms with Crippen LogP contribution >= 0.6 is 0 Å². The second kappa shape index (κ2) is 7.07. The first kappa shape index (κ1) is 16.2. The van der Waals surface area contributed by atoms with Crippen LogP contribution in [0.4, 0.5) is 11.8 Å². The summed E-state index contributed by atoms with van der Waals surface area (Å²) in [6.07, 6.45) is 0. The van der Waals surface area contributed by atoms with E-state index < -0.39 is 0 Å². The molecule has 1 aromatic rings. The summed E-state index contributed by atoms with van der Waals surface area (Å²) in [7, 11) is 0. The molecule has 1 aromatic heterocycles. The van der Waals surface area contributed by atoms with Gasteiger partial charge < -0.3 is 16.0 Å². The highest BCUT2D eigenvalue weighted by Gasteiger charge is 2.20. The van der Waals surface area contributed by atoms with Crippen molar-refractivity contribution in [2.45, 2.75) is 34.6 Å². The van der Waals surface area contributed by atoms with E-state index in [-0.39, 0.29) is 11.3 Å². The van der Waals surface area contributed by atoms with Gasteiger partial charge in [0.1, 0.15) is 5.82 Å². The lowest BCUT2D eigenvalue weighted by Gasteiger charge is -2.17. The van der Waals surface area contributed by atoms with Crippen molar-refractivity contribution in [3.8, 4) is 0 Å². The summed E-state index contributed by atoms with van der Waals surface area (Å²) in [4.78, 5) is 20.3. The SMILES string of the molecule is CCNc1cc(C)nc(NCCNC(=O)C(C)(C)C)n1. The van der Waals surface area contributed by atoms with Crippen LogP contribution in [0.5, 0.6) is 0 Å². The summed E-state index contributed by atoms with van der Waals surface area (Å²) < 4.78 is 0. The number of carbonyl (C=O) groups is 1. The number of anilines is 2. The van der Waals surface area contributed by atoms with Gasteiger partial charge >= 0.3 is 0 Å². The van der Waals surface area contributed by atoms with E-state index in [0.29, 0.717) is 19.0 Å². The first-order valence-corrected chi connectivity index (χ1v) is 6.94. The lowest BCUT2D eigenvalue weighted by molar-refractivity contribution is -0.128. The van der Waals surface area contributed by atoms with E-state index in [4.69, 9.17) is 0 Å². The molecule has 6 nitrogen and oxygen atoms in total. The summed E-state index contributed by atoms with van der Waals surface area (Å²) >= 11 is 0. The second-order valence-corrected chi connectivity index (χ2v) is 5.68. The lowest BCUT2D eigenvalue weighted by atomic mass is 9.96. The van der Waals surface area contributed by atoms with E-state index in [2.05, 4.69) is 25.9 Å². The van der Waals surface area contributed by atoms with E-state index in [1.807, 2.05) is 40.7 Å². The number of aryl methyl sites for hydroxylation is 1. The largest absolute Gasteiger partial charge is 0.370 e. The van der Waals surface area contributed by atoms with Crippen molar-refractivity contribution in [1.82, 2.24) is 15.3 Å². The summed E-state index contributed by atoms with van der Waals surface area (Å²) in [5.41, 5.74) is 0.537. The maximum absolute atomic E-state index is 11.7. The Morgan fingerprint density at radius 3 is 2.50 bits per heavy atom. The van der Waals surface area contributed by atoms with Gasteiger partial charge in [0, 0.05) is 36.8 Å². The third-order valence-corrected chi connectivity index (χ3v) is 2.59. The normalized spacial score (nSPS) is 11.1. The van der Waals surface area contributed by atoms with Gasteiger partial charge in [-0.3, -0.25) is 4.79 Å². The number of carbonyl (C=O) groups excluding carboxylic acids is 1. The molecule has 6 heteroatoms. The number of amides is 1. The zero-order valence-corrected chi connectivity index (χ0v) is 13.0. The average molecular weight is 279 g/mol. The summed E-state index contributed by atoms with van der Waals surface area (Å²) in [5, 5.41) is 9.15. The minimum atomic E-state index is -0.363. The maximum atomic E-state index is 11.7. The van der Waals surface area contributed by atoms with Crippen molar-refractivity contribution in [2.24, 2.45) is 5.41 Å². The van der Waals surface area contributed by atoms with Crippen molar-refractivity contribution in [2.75, 3.05) is 30.3 Å². The first-order valence-electron chi connectivity index (χ1n) is 6.94. The Labute approximate surface area is 120 Å². The Bertz CT molecular complexity index is 453. The summed E-state index contributed by atoms with van der Waals surface area (Å²) in [5.74, 6) is 1.42. The maximum Gasteiger partial charge on any atom is 0.225 e. The number of hydrogen-bond donors (Lipinski definition) is 3. The number of nitrogens with zero attached hydrogens (tertiary/aromatic N) is 2. The van der Waals surface area contributed by atoms with Gasteiger partial charge in [-0.15, -0.1) is 0 Å². The Morgan fingerprint density at radius 2 is 1.90 bits per heavy atom. The average Bonchev–Trinajstić information content (AvgIpc) is 2.33. The molecular weight excluding hydrogens is 254 g/mol. The summed E-state index contributed by atoms with van der Waals surface area (Å²) in [6.45, 7) is 11.6. The molecule has 0 aromatic carbocycles. The molecule has 0 aliphatic carbocycles. The molecule has 0 bridgehead atoms. The van der Waals surface area contributed by atoms with Gasteiger partial charge in [-0.1, -0.05) is 20.8 Å². The minimum Gasteiger partial charge on any atom is -0.370 e. The Kier molecular flexibility index (Phi) is 5.73. The number of hydrogen-bond acceptors (Lipinski definition) is 5. The molecule has 1 heterocycles. The van der Waals surface area contributed by atoms with Gasteiger partial charge in [0.2, 0.25) is 11.9 Å². The molecule has 0 fully saturated rings. The molecule has 0 radical (unpaired) electrons. The quantitative estimate of drug-likeness (QED) is 0.692. The fourth-order valence-corrected chi connectivity index (χ4v) is 1.53. The molecule has 112 valence electrons. The molecule has 0 aliphatic heterocycles. The van der Waals surface area contributed by atoms with Crippen LogP contribution in [0.3, 0.4) is 0 Å². The van der Waals surface area contributed by atoms with Crippen molar-refractivity contribution in [3.63, 3.8) is 0 Å². The van der Waals surface area contributed by atoms with Crippen molar-refractivity contribution in [1.29, 1.82) is 0 Å². The van der Waals surface area contributed by atoms with Gasteiger partial charge in [0.15, 0.2) is 0 Å². The lowest BCUT2D eigenvalue weighted by Crippen LogP contribution is -2.37. The van der Waals surface area contributed by atoms with Crippen LogP contribution in [-0.2, 0) is 4.79 Å². The van der Waals surface area contributed by atoms with Gasteiger partial charge in [0.05, 0.1) is 0 Å².